The van der Waals surface area contributed by atoms with Crippen molar-refractivity contribution in [1.82, 2.24) is 0 Å². The minimum absolute atomic E-state index is 0.0795. The Balaban J connectivity index is 1.83. The first-order chi connectivity index (χ1) is 35.0. The van der Waals surface area contributed by atoms with E-state index in [2.05, 4.69) is 74.6 Å². The van der Waals surface area contributed by atoms with Crippen molar-refractivity contribution in [3.63, 3.8) is 0 Å². The van der Waals surface area contributed by atoms with Crippen molar-refractivity contribution < 1.29 is 73.8 Å². The average Bonchev–Trinajstić information content (AvgIpc) is 3.37. The molecule has 2 heterocycles. The van der Waals surface area contributed by atoms with Crippen molar-refractivity contribution in [2.75, 3.05) is 26.4 Å². The lowest BCUT2D eigenvalue weighted by molar-refractivity contribution is -0.332. The average molecular weight is 1020 g/mol. The monoisotopic (exact) mass is 1020 g/mol. The smallest absolute Gasteiger partial charge is 0.306 e. The number of unbranched alkanes of at least 4 members (excludes halogenated alkanes) is 16. The number of hydrogen-bond donors (Lipinski definition) is 7. The normalized spacial score (nSPS) is 25.6. The maximum atomic E-state index is 13.0. The molecule has 0 saturated carbocycles. The zero-order chi connectivity index (χ0) is 52.4. The number of aliphatic hydroxyl groups is 7. The van der Waals surface area contributed by atoms with Crippen molar-refractivity contribution >= 4 is 11.9 Å². The summed E-state index contributed by atoms with van der Waals surface area (Å²) in [5.74, 6) is -1.03. The molecule has 0 bridgehead atoms. The molecule has 2 fully saturated rings. The van der Waals surface area contributed by atoms with Crippen molar-refractivity contribution in [3.05, 3.63) is 72.9 Å². The van der Waals surface area contributed by atoms with Gasteiger partial charge < -0.3 is 64.2 Å². The van der Waals surface area contributed by atoms with E-state index >= 15 is 0 Å². The zero-order valence-electron chi connectivity index (χ0n) is 43.9. The van der Waals surface area contributed by atoms with Crippen molar-refractivity contribution in [3.8, 4) is 0 Å². The highest BCUT2D eigenvalue weighted by atomic mass is 16.7. The van der Waals surface area contributed by atoms with Crippen LogP contribution in [0.15, 0.2) is 72.9 Å². The summed E-state index contributed by atoms with van der Waals surface area (Å²) in [6.07, 6.45) is 35.1. The summed E-state index contributed by atoms with van der Waals surface area (Å²) in [5, 5.41) is 72.2. The minimum atomic E-state index is -1.78. The number of hydrogen-bond acceptors (Lipinski definition) is 15. The summed E-state index contributed by atoms with van der Waals surface area (Å²) < 4.78 is 33.5. The van der Waals surface area contributed by atoms with Crippen molar-refractivity contribution in [2.24, 2.45) is 0 Å². The summed E-state index contributed by atoms with van der Waals surface area (Å²) in [7, 11) is 0. The molecular formula is C57H96O15. The molecule has 414 valence electrons. The van der Waals surface area contributed by atoms with E-state index in [-0.39, 0.29) is 19.4 Å². The fourth-order valence-electron chi connectivity index (χ4n) is 8.12. The minimum Gasteiger partial charge on any atom is -0.462 e. The molecule has 0 aliphatic carbocycles. The van der Waals surface area contributed by atoms with Gasteiger partial charge in [-0.25, -0.2) is 0 Å². The number of allylic oxidation sites excluding steroid dienone is 12. The molecule has 0 radical (unpaired) electrons. The molecule has 2 rings (SSSR count). The standard InChI is InChI=1S/C57H96O15/c1-3-5-7-9-11-13-15-17-19-20-21-22-23-24-26-28-30-32-34-36-38-40-49(60)70-45(42-67-48(59)39-37-35-33-31-29-27-25-18-16-14-12-10-8-6-4-2)43-68-56-55(66)53(64)51(62)47(72-56)44-69-57-54(65)52(63)50(61)46(41-58)71-57/h18-20,22-23,25-26,28-29,31-32,34,45-47,50-58,61-66H,3-17,21,24,27,30,33,35-44H2,1-2H3/b20-19+,23-22+,25-18+,28-26+,31-29+,34-32+/t45-,46+,47+,50-,51-,52?,53?,54?,55?,56+,57+/m1/s1. The molecule has 4 unspecified atom stereocenters. The van der Waals surface area contributed by atoms with Gasteiger partial charge >= 0.3 is 11.9 Å². The molecule has 0 amide bonds. The Hall–Kier alpha value is -3.06. The first-order valence-corrected chi connectivity index (χ1v) is 27.5. The Labute approximate surface area is 432 Å². The molecular weight excluding hydrogens is 925 g/mol. The van der Waals surface area contributed by atoms with E-state index in [1.165, 1.54) is 83.5 Å². The number of ether oxygens (including phenoxy) is 6. The predicted molar refractivity (Wildman–Crippen MR) is 279 cm³/mol. The van der Waals surface area contributed by atoms with Gasteiger partial charge in [-0.3, -0.25) is 9.59 Å². The lowest BCUT2D eigenvalue weighted by Gasteiger charge is -2.42. The first kappa shape index (κ1) is 65.1. The lowest BCUT2D eigenvalue weighted by atomic mass is 9.98. The van der Waals surface area contributed by atoms with Crippen LogP contribution in [0.5, 0.6) is 0 Å². The molecule has 2 aliphatic rings. The van der Waals surface area contributed by atoms with Gasteiger partial charge in [0.1, 0.15) is 55.4 Å². The topological polar surface area (TPSA) is 231 Å². The van der Waals surface area contributed by atoms with Gasteiger partial charge in [0.2, 0.25) is 0 Å². The van der Waals surface area contributed by atoms with E-state index < -0.39 is 99.3 Å². The van der Waals surface area contributed by atoms with Crippen LogP contribution in [-0.4, -0.2) is 142 Å². The van der Waals surface area contributed by atoms with Gasteiger partial charge in [-0.05, 0) is 83.5 Å². The maximum Gasteiger partial charge on any atom is 0.306 e. The van der Waals surface area contributed by atoms with Gasteiger partial charge in [0, 0.05) is 12.8 Å². The van der Waals surface area contributed by atoms with Gasteiger partial charge in [0.15, 0.2) is 18.7 Å². The van der Waals surface area contributed by atoms with Crippen LogP contribution >= 0.6 is 0 Å². The van der Waals surface area contributed by atoms with Gasteiger partial charge in [-0.15, -0.1) is 0 Å². The maximum absolute atomic E-state index is 13.0. The fourth-order valence-corrected chi connectivity index (χ4v) is 8.12. The second-order valence-electron chi connectivity index (χ2n) is 19.0. The molecule has 11 atom stereocenters. The van der Waals surface area contributed by atoms with E-state index in [4.69, 9.17) is 28.4 Å². The van der Waals surface area contributed by atoms with Crippen LogP contribution in [0, 0.1) is 0 Å². The second-order valence-corrected chi connectivity index (χ2v) is 19.0. The molecule has 2 aliphatic heterocycles. The van der Waals surface area contributed by atoms with Crippen LogP contribution < -0.4 is 0 Å². The summed E-state index contributed by atoms with van der Waals surface area (Å²) in [5.41, 5.74) is 0. The Kier molecular flexibility index (Phi) is 39.0. The highest BCUT2D eigenvalue weighted by Gasteiger charge is 2.47. The molecule has 15 heteroatoms. The van der Waals surface area contributed by atoms with E-state index in [0.29, 0.717) is 19.3 Å². The number of aliphatic hydroxyl groups excluding tert-OH is 7. The van der Waals surface area contributed by atoms with Gasteiger partial charge in [-0.1, -0.05) is 157 Å². The van der Waals surface area contributed by atoms with Crippen LogP contribution in [-0.2, 0) is 38.0 Å². The van der Waals surface area contributed by atoms with Crippen LogP contribution in [0.2, 0.25) is 0 Å². The van der Waals surface area contributed by atoms with Crippen LogP contribution in [0.3, 0.4) is 0 Å². The third-order valence-corrected chi connectivity index (χ3v) is 12.7. The van der Waals surface area contributed by atoms with E-state index in [9.17, 15) is 45.3 Å². The van der Waals surface area contributed by atoms with Crippen LogP contribution in [0.1, 0.15) is 181 Å². The Morgan fingerprint density at radius 2 is 0.847 bits per heavy atom. The number of carbonyl (C=O) groups is 2. The largest absolute Gasteiger partial charge is 0.462 e. The number of esters is 2. The van der Waals surface area contributed by atoms with Crippen molar-refractivity contribution in [2.45, 2.75) is 248 Å². The highest BCUT2D eigenvalue weighted by Crippen LogP contribution is 2.26. The fraction of sp³-hybridized carbons (Fsp3) is 0.754. The molecule has 15 nitrogen and oxygen atoms in total. The molecule has 2 saturated heterocycles. The molecule has 72 heavy (non-hydrogen) atoms. The molecule has 0 spiro atoms. The summed E-state index contributed by atoms with van der Waals surface area (Å²) >= 11 is 0. The van der Waals surface area contributed by atoms with Gasteiger partial charge in [0.05, 0.1) is 19.8 Å². The Morgan fingerprint density at radius 3 is 1.35 bits per heavy atom. The lowest BCUT2D eigenvalue weighted by Crippen LogP contribution is -2.61. The summed E-state index contributed by atoms with van der Waals surface area (Å²) in [6, 6.07) is 0. The van der Waals surface area contributed by atoms with Crippen LogP contribution in [0.4, 0.5) is 0 Å². The van der Waals surface area contributed by atoms with E-state index in [1.807, 2.05) is 12.2 Å². The number of carbonyl (C=O) groups excluding carboxylic acids is 2. The third kappa shape index (κ3) is 30.3. The van der Waals surface area contributed by atoms with E-state index in [0.717, 1.165) is 51.4 Å². The summed E-state index contributed by atoms with van der Waals surface area (Å²) in [4.78, 5) is 25.8. The molecule has 7 N–H and O–H groups in total. The first-order valence-electron chi connectivity index (χ1n) is 27.5. The van der Waals surface area contributed by atoms with Crippen LogP contribution in [0.25, 0.3) is 0 Å². The third-order valence-electron chi connectivity index (χ3n) is 12.7. The SMILES string of the molecule is CCCCCCCC/C=C/C/C=C/CCCCC(=O)OC[C@H](CO[C@H]1O[C@@H](CO[C@H]2O[C@@H](CO)[C@@H](O)C(O)C2O)[C@@H](O)C(O)C1O)OC(=O)CCC/C=C/C/C=C/C/C=C/C/C=C/CCCCCCCCC. The Bertz CT molecular complexity index is 1530. The van der Waals surface area contributed by atoms with E-state index in [1.54, 1.807) is 0 Å². The summed E-state index contributed by atoms with van der Waals surface area (Å²) in [6.45, 7) is 2.48. The highest BCUT2D eigenvalue weighted by molar-refractivity contribution is 5.70. The molecule has 0 aromatic rings. The van der Waals surface area contributed by atoms with Gasteiger partial charge in [-0.2, -0.15) is 0 Å². The molecule has 0 aromatic carbocycles. The van der Waals surface area contributed by atoms with Crippen molar-refractivity contribution in [1.29, 1.82) is 0 Å². The Morgan fingerprint density at radius 1 is 0.444 bits per heavy atom. The quantitative estimate of drug-likeness (QED) is 0.0172. The van der Waals surface area contributed by atoms with Gasteiger partial charge in [0.25, 0.3) is 0 Å². The zero-order valence-corrected chi connectivity index (χ0v) is 43.9. The number of rotatable bonds is 42. The molecule has 0 aromatic heterocycles. The predicted octanol–water partition coefficient (Wildman–Crippen LogP) is 8.60. The second kappa shape index (κ2) is 43.2.